The number of carbonyl (C=O) groups is 1. The molecule has 1 fully saturated rings. The second-order valence-electron chi connectivity index (χ2n) is 7.53. The molecule has 0 radical (unpaired) electrons. The predicted molar refractivity (Wildman–Crippen MR) is 109 cm³/mol. The number of hydrogen-bond donors (Lipinski definition) is 0. The van der Waals surface area contributed by atoms with Crippen LogP contribution in [0.15, 0.2) is 30.3 Å². The van der Waals surface area contributed by atoms with Crippen molar-refractivity contribution in [1.82, 2.24) is 4.57 Å². The van der Waals surface area contributed by atoms with Gasteiger partial charge in [0.25, 0.3) is 0 Å². The van der Waals surface area contributed by atoms with Crippen LogP contribution in [0.25, 0.3) is 0 Å². The SMILES string of the molecule is Cc1cc(C(=O)CSC2CCCC2)c(C)n1C[C@@H]1COc2ccccc2O1. The summed E-state index contributed by atoms with van der Waals surface area (Å²) in [6, 6.07) is 9.80. The van der Waals surface area contributed by atoms with Crippen molar-refractivity contribution in [2.45, 2.75) is 57.4 Å². The second kappa shape index (κ2) is 8.01. The minimum absolute atomic E-state index is 0.0551. The number of Topliss-reactive ketones (excluding diaryl/α,β-unsaturated/α-hetero) is 1. The van der Waals surface area contributed by atoms with Crippen molar-refractivity contribution in [2.75, 3.05) is 12.4 Å². The molecular weight excluding hydrogens is 358 g/mol. The van der Waals surface area contributed by atoms with Crippen LogP contribution in [-0.2, 0) is 6.54 Å². The van der Waals surface area contributed by atoms with Crippen LogP contribution in [0.2, 0.25) is 0 Å². The summed E-state index contributed by atoms with van der Waals surface area (Å²) in [7, 11) is 0. The lowest BCUT2D eigenvalue weighted by Crippen LogP contribution is -2.33. The van der Waals surface area contributed by atoms with Crippen LogP contribution in [0.1, 0.15) is 47.4 Å². The quantitative estimate of drug-likeness (QED) is 0.670. The maximum atomic E-state index is 12.8. The molecule has 1 aromatic carbocycles. The van der Waals surface area contributed by atoms with E-state index in [0.29, 0.717) is 24.2 Å². The van der Waals surface area contributed by atoms with Gasteiger partial charge in [0.15, 0.2) is 23.4 Å². The van der Waals surface area contributed by atoms with Gasteiger partial charge in [0.1, 0.15) is 6.61 Å². The molecule has 2 heterocycles. The number of benzene rings is 1. The Kier molecular flexibility index (Phi) is 5.48. The first-order valence-electron chi connectivity index (χ1n) is 9.82. The molecule has 1 aliphatic heterocycles. The number of carbonyl (C=O) groups excluding carboxylic acids is 1. The Balaban J connectivity index is 1.42. The first-order chi connectivity index (χ1) is 13.1. The first kappa shape index (κ1) is 18.5. The lowest BCUT2D eigenvalue weighted by atomic mass is 10.2. The van der Waals surface area contributed by atoms with Crippen molar-refractivity contribution in [1.29, 1.82) is 0 Å². The molecule has 144 valence electrons. The molecule has 1 aromatic heterocycles. The van der Waals surface area contributed by atoms with E-state index in [1.165, 1.54) is 25.7 Å². The highest BCUT2D eigenvalue weighted by molar-refractivity contribution is 8.00. The van der Waals surface area contributed by atoms with Gasteiger partial charge in [-0.2, -0.15) is 11.8 Å². The van der Waals surface area contributed by atoms with Gasteiger partial charge < -0.3 is 14.0 Å². The summed E-state index contributed by atoms with van der Waals surface area (Å²) in [5.74, 6) is 2.43. The van der Waals surface area contributed by atoms with Crippen molar-refractivity contribution in [3.63, 3.8) is 0 Å². The number of aryl methyl sites for hydroxylation is 1. The Morgan fingerprint density at radius 2 is 1.93 bits per heavy atom. The molecule has 4 nitrogen and oxygen atoms in total. The van der Waals surface area contributed by atoms with Crippen molar-refractivity contribution in [2.24, 2.45) is 0 Å². The molecule has 5 heteroatoms. The maximum absolute atomic E-state index is 12.8. The number of aromatic nitrogens is 1. The molecule has 4 rings (SSSR count). The van der Waals surface area contributed by atoms with E-state index in [2.05, 4.69) is 11.5 Å². The third-order valence-corrected chi connectivity index (χ3v) is 6.95. The highest BCUT2D eigenvalue weighted by atomic mass is 32.2. The number of ether oxygens (including phenoxy) is 2. The number of thioether (sulfide) groups is 1. The summed E-state index contributed by atoms with van der Waals surface area (Å²) < 4.78 is 14.1. The van der Waals surface area contributed by atoms with E-state index in [9.17, 15) is 4.79 Å². The molecule has 0 N–H and O–H groups in total. The molecule has 0 unspecified atom stereocenters. The van der Waals surface area contributed by atoms with Crippen LogP contribution >= 0.6 is 11.8 Å². The topological polar surface area (TPSA) is 40.5 Å². The summed E-state index contributed by atoms with van der Waals surface area (Å²) in [5.41, 5.74) is 2.99. The van der Waals surface area contributed by atoms with Crippen molar-refractivity contribution >= 4 is 17.5 Å². The molecule has 0 bridgehead atoms. The lowest BCUT2D eigenvalue weighted by Gasteiger charge is -2.27. The standard InChI is InChI=1S/C22H27NO3S/c1-15-11-19(20(24)14-27-18-7-3-4-8-18)16(2)23(15)12-17-13-25-21-9-5-6-10-22(21)26-17/h5-6,9-11,17-18H,3-4,7-8,12-14H2,1-2H3/t17-/m1/s1. The summed E-state index contributed by atoms with van der Waals surface area (Å²) in [5, 5.41) is 0.672. The van der Waals surface area contributed by atoms with Gasteiger partial charge in [-0.15, -0.1) is 0 Å². The fourth-order valence-corrected chi connectivity index (χ4v) is 5.26. The molecular formula is C22H27NO3S. The zero-order chi connectivity index (χ0) is 18.8. The molecule has 0 spiro atoms. The Hall–Kier alpha value is -1.88. The van der Waals surface area contributed by atoms with Crippen LogP contribution in [0.5, 0.6) is 11.5 Å². The zero-order valence-corrected chi connectivity index (χ0v) is 16.9. The minimum atomic E-state index is -0.0551. The molecule has 1 aliphatic carbocycles. The van der Waals surface area contributed by atoms with E-state index in [1.54, 1.807) is 0 Å². The number of hydrogen-bond acceptors (Lipinski definition) is 4. The highest BCUT2D eigenvalue weighted by Gasteiger charge is 2.24. The number of ketones is 1. The Morgan fingerprint density at radius 3 is 2.70 bits per heavy atom. The fraction of sp³-hybridized carbons (Fsp3) is 0.500. The number of rotatable bonds is 6. The maximum Gasteiger partial charge on any atom is 0.174 e. The zero-order valence-electron chi connectivity index (χ0n) is 16.1. The van der Waals surface area contributed by atoms with Crippen LogP contribution in [-0.4, -0.2) is 34.1 Å². The number of nitrogens with zero attached hydrogens (tertiary/aromatic N) is 1. The summed E-state index contributed by atoms with van der Waals surface area (Å²) in [6.07, 6.45) is 5.09. The first-order valence-corrected chi connectivity index (χ1v) is 10.9. The monoisotopic (exact) mass is 385 g/mol. The van der Waals surface area contributed by atoms with Crippen molar-refractivity contribution in [3.05, 3.63) is 47.3 Å². The predicted octanol–water partition coefficient (Wildman–Crippen LogP) is 4.80. The normalized spacial score (nSPS) is 19.4. The Bertz CT molecular complexity index is 823. The van der Waals surface area contributed by atoms with Gasteiger partial charge in [0.05, 0.1) is 12.3 Å². The van der Waals surface area contributed by atoms with E-state index in [0.717, 1.165) is 28.5 Å². The van der Waals surface area contributed by atoms with Gasteiger partial charge in [-0.3, -0.25) is 4.79 Å². The van der Waals surface area contributed by atoms with Crippen LogP contribution in [0.3, 0.4) is 0 Å². The van der Waals surface area contributed by atoms with Gasteiger partial charge in [0, 0.05) is 22.2 Å². The average molecular weight is 386 g/mol. The molecule has 27 heavy (non-hydrogen) atoms. The van der Waals surface area contributed by atoms with Crippen molar-refractivity contribution < 1.29 is 14.3 Å². The van der Waals surface area contributed by atoms with Gasteiger partial charge >= 0.3 is 0 Å². The summed E-state index contributed by atoms with van der Waals surface area (Å²) in [6.45, 7) is 5.31. The second-order valence-corrected chi connectivity index (χ2v) is 8.82. The summed E-state index contributed by atoms with van der Waals surface area (Å²) in [4.78, 5) is 12.8. The molecule has 1 saturated carbocycles. The summed E-state index contributed by atoms with van der Waals surface area (Å²) >= 11 is 1.84. The smallest absolute Gasteiger partial charge is 0.174 e. The van der Waals surface area contributed by atoms with Gasteiger partial charge in [-0.1, -0.05) is 25.0 Å². The van der Waals surface area contributed by atoms with Gasteiger partial charge in [-0.05, 0) is 44.9 Å². The van der Waals surface area contributed by atoms with E-state index in [1.807, 2.05) is 49.0 Å². The molecule has 2 aliphatic rings. The molecule has 1 atom stereocenters. The molecule has 0 amide bonds. The number of fused-ring (bicyclic) bond motifs is 1. The third-order valence-electron chi connectivity index (χ3n) is 5.58. The molecule has 0 saturated heterocycles. The minimum Gasteiger partial charge on any atom is -0.486 e. The van der Waals surface area contributed by atoms with Gasteiger partial charge in [-0.25, -0.2) is 0 Å². The largest absolute Gasteiger partial charge is 0.486 e. The number of para-hydroxylation sites is 2. The van der Waals surface area contributed by atoms with Crippen LogP contribution in [0, 0.1) is 13.8 Å². The average Bonchev–Trinajstić information content (AvgIpc) is 3.30. The van der Waals surface area contributed by atoms with Crippen molar-refractivity contribution in [3.8, 4) is 11.5 Å². The Labute approximate surface area is 165 Å². The lowest BCUT2D eigenvalue weighted by molar-refractivity contribution is 0.0777. The van der Waals surface area contributed by atoms with E-state index < -0.39 is 0 Å². The van der Waals surface area contributed by atoms with E-state index in [-0.39, 0.29) is 11.9 Å². The molecule has 2 aromatic rings. The van der Waals surface area contributed by atoms with E-state index >= 15 is 0 Å². The highest BCUT2D eigenvalue weighted by Crippen LogP contribution is 2.32. The van der Waals surface area contributed by atoms with Crippen LogP contribution in [0.4, 0.5) is 0 Å². The Morgan fingerprint density at radius 1 is 1.19 bits per heavy atom. The third kappa shape index (κ3) is 4.03. The van der Waals surface area contributed by atoms with E-state index in [4.69, 9.17) is 9.47 Å². The fourth-order valence-electron chi connectivity index (χ4n) is 4.05. The van der Waals surface area contributed by atoms with Gasteiger partial charge in [0.2, 0.25) is 0 Å². The van der Waals surface area contributed by atoms with Crippen LogP contribution < -0.4 is 9.47 Å².